The van der Waals surface area contributed by atoms with E-state index in [1.54, 1.807) is 4.90 Å². The first-order chi connectivity index (χ1) is 9.28. The van der Waals surface area contributed by atoms with Crippen LogP contribution in [0.5, 0.6) is 0 Å². The van der Waals surface area contributed by atoms with Crippen LogP contribution < -0.4 is 5.32 Å². The van der Waals surface area contributed by atoms with E-state index >= 15 is 0 Å². The molecule has 1 saturated carbocycles. The van der Waals surface area contributed by atoms with Gasteiger partial charge in [-0.2, -0.15) is 13.2 Å². The summed E-state index contributed by atoms with van der Waals surface area (Å²) in [5, 5.41) is 3.23. The van der Waals surface area contributed by atoms with Gasteiger partial charge >= 0.3 is 6.18 Å². The number of rotatable bonds is 6. The minimum absolute atomic E-state index is 0.00252. The average Bonchev–Trinajstić information content (AvgIpc) is 2.35. The molecule has 2 nitrogen and oxygen atoms in total. The molecule has 1 fully saturated rings. The third-order valence-corrected chi connectivity index (χ3v) is 4.53. The van der Waals surface area contributed by atoms with Crippen molar-refractivity contribution in [3.63, 3.8) is 0 Å². The fourth-order valence-corrected chi connectivity index (χ4v) is 3.40. The summed E-state index contributed by atoms with van der Waals surface area (Å²) in [4.78, 5) is 1.65. The van der Waals surface area contributed by atoms with Crippen molar-refractivity contribution in [1.29, 1.82) is 0 Å². The molecule has 5 heteroatoms. The van der Waals surface area contributed by atoms with Crippen LogP contribution in [0.2, 0.25) is 0 Å². The summed E-state index contributed by atoms with van der Waals surface area (Å²) in [7, 11) is 1.87. The van der Waals surface area contributed by atoms with Crippen LogP contribution in [0.15, 0.2) is 0 Å². The van der Waals surface area contributed by atoms with Gasteiger partial charge in [0.15, 0.2) is 0 Å². The molecular formula is C15H29F3N2. The Hall–Kier alpha value is -0.290. The van der Waals surface area contributed by atoms with Gasteiger partial charge in [-0.05, 0) is 51.1 Å². The molecule has 0 aromatic heterocycles. The van der Waals surface area contributed by atoms with Gasteiger partial charge in [-0.3, -0.25) is 4.90 Å². The lowest BCUT2D eigenvalue weighted by Gasteiger charge is -2.44. The zero-order valence-corrected chi connectivity index (χ0v) is 13.1. The summed E-state index contributed by atoms with van der Waals surface area (Å²) >= 11 is 0. The second-order valence-corrected chi connectivity index (χ2v) is 6.37. The molecule has 0 aliphatic heterocycles. The van der Waals surface area contributed by atoms with E-state index in [0.717, 1.165) is 25.7 Å². The zero-order chi connectivity index (χ0) is 15.3. The maximum absolute atomic E-state index is 12.8. The molecule has 0 heterocycles. The van der Waals surface area contributed by atoms with Crippen LogP contribution in [0, 0.1) is 11.8 Å². The van der Waals surface area contributed by atoms with E-state index < -0.39 is 12.7 Å². The smallest absolute Gasteiger partial charge is 0.315 e. The van der Waals surface area contributed by atoms with Gasteiger partial charge in [0.2, 0.25) is 0 Å². The lowest BCUT2D eigenvalue weighted by molar-refractivity contribution is -0.154. The first-order valence-corrected chi connectivity index (χ1v) is 7.76. The number of nitrogens with one attached hydrogen (secondary N) is 1. The second kappa shape index (κ2) is 7.64. The van der Waals surface area contributed by atoms with Crippen LogP contribution in [0.4, 0.5) is 13.2 Å². The van der Waals surface area contributed by atoms with Gasteiger partial charge in [0.1, 0.15) is 0 Å². The van der Waals surface area contributed by atoms with Gasteiger partial charge in [-0.1, -0.05) is 20.8 Å². The van der Waals surface area contributed by atoms with Gasteiger partial charge < -0.3 is 5.32 Å². The molecule has 0 aromatic carbocycles. The summed E-state index contributed by atoms with van der Waals surface area (Å²) < 4.78 is 38.4. The number of halogens is 3. The Labute approximate surface area is 121 Å². The standard InChI is InChI=1S/C15H29F3N2/c1-5-8-20(10-15(16,17)18)14-9-12(11(2)3)6-7-13(14)19-4/h11-14,19H,5-10H2,1-4H3. The topological polar surface area (TPSA) is 15.3 Å². The highest BCUT2D eigenvalue weighted by molar-refractivity contribution is 4.92. The number of nitrogens with zero attached hydrogens (tertiary/aromatic N) is 1. The minimum atomic E-state index is -4.11. The molecule has 0 spiro atoms. The molecule has 0 radical (unpaired) electrons. The maximum atomic E-state index is 12.8. The van der Waals surface area contributed by atoms with Crippen LogP contribution in [0.25, 0.3) is 0 Å². The Morgan fingerprint density at radius 1 is 1.25 bits per heavy atom. The molecule has 120 valence electrons. The van der Waals surface area contributed by atoms with E-state index in [4.69, 9.17) is 0 Å². The first-order valence-electron chi connectivity index (χ1n) is 7.76. The van der Waals surface area contributed by atoms with Crippen molar-refractivity contribution in [2.75, 3.05) is 20.1 Å². The van der Waals surface area contributed by atoms with Crippen molar-refractivity contribution in [3.05, 3.63) is 0 Å². The second-order valence-electron chi connectivity index (χ2n) is 6.37. The van der Waals surface area contributed by atoms with Gasteiger partial charge in [0, 0.05) is 12.1 Å². The van der Waals surface area contributed by atoms with Crippen molar-refractivity contribution in [2.24, 2.45) is 11.8 Å². The molecule has 1 N–H and O–H groups in total. The number of alkyl halides is 3. The van der Waals surface area contributed by atoms with E-state index in [1.807, 2.05) is 14.0 Å². The highest BCUT2D eigenvalue weighted by atomic mass is 19.4. The van der Waals surface area contributed by atoms with Gasteiger partial charge in [-0.15, -0.1) is 0 Å². The highest BCUT2D eigenvalue weighted by Crippen LogP contribution is 2.34. The highest BCUT2D eigenvalue weighted by Gasteiger charge is 2.39. The third kappa shape index (κ3) is 5.24. The lowest BCUT2D eigenvalue weighted by Crippen LogP contribution is -2.55. The molecule has 0 saturated heterocycles. The Balaban J connectivity index is 2.81. The van der Waals surface area contributed by atoms with Crippen molar-refractivity contribution in [3.8, 4) is 0 Å². The fraction of sp³-hybridized carbons (Fsp3) is 1.00. The summed E-state index contributed by atoms with van der Waals surface area (Å²) in [6.07, 6.45) is -0.388. The van der Waals surface area contributed by atoms with Gasteiger partial charge in [0.25, 0.3) is 0 Å². The fourth-order valence-electron chi connectivity index (χ4n) is 3.40. The molecule has 0 bridgehead atoms. The molecule has 0 aromatic rings. The predicted octanol–water partition coefficient (Wildman–Crippen LogP) is 3.67. The number of hydrogen-bond acceptors (Lipinski definition) is 2. The van der Waals surface area contributed by atoms with Crippen LogP contribution in [-0.2, 0) is 0 Å². The summed E-state index contributed by atoms with van der Waals surface area (Å²) in [6.45, 7) is 6.03. The molecule has 1 rings (SSSR count). The van der Waals surface area contributed by atoms with Gasteiger partial charge in [0.05, 0.1) is 6.54 Å². The van der Waals surface area contributed by atoms with Crippen LogP contribution in [0.3, 0.4) is 0 Å². The van der Waals surface area contributed by atoms with Crippen molar-refractivity contribution < 1.29 is 13.2 Å². The largest absolute Gasteiger partial charge is 0.401 e. The van der Waals surface area contributed by atoms with E-state index in [2.05, 4.69) is 19.2 Å². The molecule has 1 aliphatic rings. The SMILES string of the molecule is CCCN(CC(F)(F)F)C1CC(C(C)C)CCC1NC. The summed E-state index contributed by atoms with van der Waals surface area (Å²) in [5.74, 6) is 1.09. The van der Waals surface area contributed by atoms with Crippen molar-refractivity contribution in [2.45, 2.75) is 64.7 Å². The zero-order valence-electron chi connectivity index (χ0n) is 13.1. The molecule has 3 atom stereocenters. The maximum Gasteiger partial charge on any atom is 0.401 e. The van der Waals surface area contributed by atoms with Crippen molar-refractivity contribution in [1.82, 2.24) is 10.2 Å². The van der Waals surface area contributed by atoms with E-state index in [0.29, 0.717) is 18.4 Å². The molecule has 1 aliphatic carbocycles. The monoisotopic (exact) mass is 294 g/mol. The van der Waals surface area contributed by atoms with Gasteiger partial charge in [-0.25, -0.2) is 0 Å². The molecule has 20 heavy (non-hydrogen) atoms. The molecular weight excluding hydrogens is 265 g/mol. The Morgan fingerprint density at radius 3 is 2.35 bits per heavy atom. The molecule has 3 unspecified atom stereocenters. The first kappa shape index (κ1) is 17.8. The average molecular weight is 294 g/mol. The minimum Gasteiger partial charge on any atom is -0.315 e. The van der Waals surface area contributed by atoms with E-state index in [1.165, 1.54) is 0 Å². The Morgan fingerprint density at radius 2 is 1.90 bits per heavy atom. The normalized spacial score (nSPS) is 28.4. The summed E-state index contributed by atoms with van der Waals surface area (Å²) in [5.41, 5.74) is 0. The van der Waals surface area contributed by atoms with Crippen LogP contribution in [-0.4, -0.2) is 43.3 Å². The van der Waals surface area contributed by atoms with Crippen LogP contribution >= 0.6 is 0 Å². The lowest BCUT2D eigenvalue weighted by atomic mass is 9.76. The van der Waals surface area contributed by atoms with Crippen molar-refractivity contribution >= 4 is 0 Å². The Kier molecular flexibility index (Phi) is 6.79. The summed E-state index contributed by atoms with van der Waals surface area (Å²) in [6, 6.07) is 0.182. The van der Waals surface area contributed by atoms with Crippen LogP contribution in [0.1, 0.15) is 46.5 Å². The predicted molar refractivity (Wildman–Crippen MR) is 76.7 cm³/mol. The number of likely N-dealkylation sites (N-methyl/N-ethyl adjacent to an activating group) is 1. The van der Waals surface area contributed by atoms with E-state index in [-0.39, 0.29) is 12.1 Å². The quantitative estimate of drug-likeness (QED) is 0.804. The molecule has 0 amide bonds. The van der Waals surface area contributed by atoms with E-state index in [9.17, 15) is 13.2 Å². The Bertz CT molecular complexity index is 279. The third-order valence-electron chi connectivity index (χ3n) is 4.53. The number of hydrogen-bond donors (Lipinski definition) is 1.